The van der Waals surface area contributed by atoms with Gasteiger partial charge in [-0.05, 0) is 36.4 Å². The Morgan fingerprint density at radius 2 is 1.92 bits per heavy atom. The summed E-state index contributed by atoms with van der Waals surface area (Å²) in [4.78, 5) is 15.4. The van der Waals surface area contributed by atoms with Gasteiger partial charge in [-0.25, -0.2) is 0 Å². The average Bonchev–Trinajstić information content (AvgIpc) is 3.05. The number of nitrogens with zero attached hydrogens (tertiary/aromatic N) is 5. The summed E-state index contributed by atoms with van der Waals surface area (Å²) >= 11 is 0. The summed E-state index contributed by atoms with van der Waals surface area (Å²) in [6.07, 6.45) is 3.43. The van der Waals surface area contributed by atoms with E-state index in [0.717, 1.165) is 22.5 Å². The Morgan fingerprint density at radius 3 is 2.72 bits per heavy atom. The molecule has 3 aromatic heterocycles. The number of nitrogens with one attached hydrogen (secondary N) is 1. The predicted octanol–water partition coefficient (Wildman–Crippen LogP) is 2.81. The van der Waals surface area contributed by atoms with Gasteiger partial charge in [0, 0.05) is 36.1 Å². The Bertz CT molecular complexity index is 1060. The molecule has 0 fully saturated rings. The normalized spacial score (nSPS) is 10.8. The lowest BCUT2D eigenvalue weighted by Crippen LogP contribution is -2.05. The van der Waals surface area contributed by atoms with E-state index < -0.39 is 0 Å². The second kappa shape index (κ2) is 6.12. The summed E-state index contributed by atoms with van der Waals surface area (Å²) in [5.74, 6) is 0.515. The van der Waals surface area contributed by atoms with Crippen molar-refractivity contribution < 1.29 is 4.79 Å². The maximum Gasteiger partial charge on any atom is 0.221 e. The van der Waals surface area contributed by atoms with Crippen LogP contribution in [0.3, 0.4) is 0 Å². The second-order valence-corrected chi connectivity index (χ2v) is 5.52. The number of carbonyl (C=O) groups excluding carboxylic acids is 1. The third-order valence-electron chi connectivity index (χ3n) is 3.66. The van der Waals surface area contributed by atoms with Crippen molar-refractivity contribution in [3.8, 4) is 22.6 Å². The topological polar surface area (TPSA) is 85.1 Å². The summed E-state index contributed by atoms with van der Waals surface area (Å²) < 4.78 is 1.69. The molecular formula is C18H14N6O. The molecule has 7 heteroatoms. The molecule has 3 heterocycles. The largest absolute Gasteiger partial charge is 0.326 e. The number of benzene rings is 1. The molecule has 0 bridgehead atoms. The molecule has 0 saturated heterocycles. The molecule has 25 heavy (non-hydrogen) atoms. The van der Waals surface area contributed by atoms with Crippen molar-refractivity contribution >= 4 is 17.2 Å². The molecule has 4 aromatic rings. The van der Waals surface area contributed by atoms with Crippen LogP contribution in [0.25, 0.3) is 28.3 Å². The van der Waals surface area contributed by atoms with Gasteiger partial charge in [-0.15, -0.1) is 10.2 Å². The molecule has 0 aliphatic rings. The fourth-order valence-electron chi connectivity index (χ4n) is 2.58. The molecule has 0 unspecified atom stereocenters. The minimum absolute atomic E-state index is 0.113. The smallest absolute Gasteiger partial charge is 0.221 e. The molecule has 0 spiro atoms. The molecule has 7 nitrogen and oxygen atoms in total. The summed E-state index contributed by atoms with van der Waals surface area (Å²) in [5, 5.41) is 15.8. The monoisotopic (exact) mass is 330 g/mol. The SMILES string of the molecule is CC(=O)Nc1cccc(-c2ccc3nnc(-c4cccnc4)n3n2)c1. The van der Waals surface area contributed by atoms with Crippen molar-refractivity contribution in [2.75, 3.05) is 5.32 Å². The molecular weight excluding hydrogens is 316 g/mol. The van der Waals surface area contributed by atoms with Gasteiger partial charge < -0.3 is 5.32 Å². The Kier molecular flexibility index (Phi) is 3.66. The molecule has 1 aromatic carbocycles. The van der Waals surface area contributed by atoms with Crippen LogP contribution in [0.2, 0.25) is 0 Å². The van der Waals surface area contributed by atoms with Gasteiger partial charge in [-0.1, -0.05) is 12.1 Å². The number of rotatable bonds is 3. The van der Waals surface area contributed by atoms with Crippen molar-refractivity contribution in [2.24, 2.45) is 0 Å². The van der Waals surface area contributed by atoms with E-state index in [1.54, 1.807) is 16.9 Å². The quantitative estimate of drug-likeness (QED) is 0.624. The lowest BCUT2D eigenvalue weighted by molar-refractivity contribution is -0.114. The van der Waals surface area contributed by atoms with Crippen LogP contribution in [0.4, 0.5) is 5.69 Å². The van der Waals surface area contributed by atoms with Gasteiger partial charge in [0.05, 0.1) is 5.69 Å². The number of pyridine rings is 1. The van der Waals surface area contributed by atoms with E-state index in [-0.39, 0.29) is 5.91 Å². The van der Waals surface area contributed by atoms with Gasteiger partial charge in [0.2, 0.25) is 5.91 Å². The predicted molar refractivity (Wildman–Crippen MR) is 93.8 cm³/mol. The zero-order chi connectivity index (χ0) is 17.2. The lowest BCUT2D eigenvalue weighted by Gasteiger charge is -2.06. The lowest BCUT2D eigenvalue weighted by atomic mass is 10.1. The number of fused-ring (bicyclic) bond motifs is 1. The van der Waals surface area contributed by atoms with Crippen molar-refractivity contribution in [2.45, 2.75) is 6.92 Å². The zero-order valence-electron chi connectivity index (χ0n) is 13.4. The Balaban J connectivity index is 1.80. The fourth-order valence-corrected chi connectivity index (χ4v) is 2.58. The van der Waals surface area contributed by atoms with Crippen LogP contribution < -0.4 is 5.32 Å². The maximum atomic E-state index is 11.2. The molecule has 0 saturated carbocycles. The molecule has 4 rings (SSSR count). The molecule has 0 aliphatic carbocycles. The Morgan fingerprint density at radius 1 is 1.04 bits per heavy atom. The third kappa shape index (κ3) is 2.94. The van der Waals surface area contributed by atoms with E-state index in [9.17, 15) is 4.79 Å². The van der Waals surface area contributed by atoms with Crippen LogP contribution in [0, 0.1) is 0 Å². The number of hydrogen-bond acceptors (Lipinski definition) is 5. The molecule has 0 atom stereocenters. The molecule has 0 radical (unpaired) electrons. The van der Waals surface area contributed by atoms with Gasteiger partial charge in [0.15, 0.2) is 11.5 Å². The number of anilines is 1. The van der Waals surface area contributed by atoms with Crippen molar-refractivity contribution in [1.29, 1.82) is 0 Å². The van der Waals surface area contributed by atoms with Gasteiger partial charge in [-0.3, -0.25) is 9.78 Å². The molecule has 1 N–H and O–H groups in total. The summed E-state index contributed by atoms with van der Waals surface area (Å²) in [6, 6.07) is 15.0. The molecule has 1 amide bonds. The van der Waals surface area contributed by atoms with Gasteiger partial charge in [-0.2, -0.15) is 9.61 Å². The fraction of sp³-hybridized carbons (Fsp3) is 0.0556. The van der Waals surface area contributed by atoms with Crippen molar-refractivity contribution in [3.63, 3.8) is 0 Å². The Hall–Kier alpha value is -3.61. The van der Waals surface area contributed by atoms with Gasteiger partial charge in [0.1, 0.15) is 0 Å². The van der Waals surface area contributed by atoms with E-state index >= 15 is 0 Å². The highest BCUT2D eigenvalue weighted by atomic mass is 16.1. The minimum atomic E-state index is -0.113. The molecule has 0 aliphatic heterocycles. The first-order chi connectivity index (χ1) is 12.2. The first kappa shape index (κ1) is 14.9. The number of hydrogen-bond donors (Lipinski definition) is 1. The van der Waals surface area contributed by atoms with Crippen LogP contribution in [-0.2, 0) is 4.79 Å². The van der Waals surface area contributed by atoms with E-state index in [0.29, 0.717) is 11.5 Å². The standard InChI is InChI=1S/C18H14N6O/c1-12(25)20-15-6-2-4-13(10-15)16-7-8-17-21-22-18(24(17)23-16)14-5-3-9-19-11-14/h2-11H,1H3,(H,20,25). The summed E-state index contributed by atoms with van der Waals surface area (Å²) in [5.41, 5.74) is 3.86. The first-order valence-electron chi connectivity index (χ1n) is 7.71. The number of carbonyl (C=O) groups is 1. The number of aromatic nitrogens is 5. The van der Waals surface area contributed by atoms with E-state index in [1.165, 1.54) is 6.92 Å². The highest BCUT2D eigenvalue weighted by Crippen LogP contribution is 2.23. The Labute approximate surface area is 143 Å². The van der Waals surface area contributed by atoms with Gasteiger partial charge in [0.25, 0.3) is 0 Å². The van der Waals surface area contributed by atoms with Crippen LogP contribution in [0.15, 0.2) is 60.9 Å². The third-order valence-corrected chi connectivity index (χ3v) is 3.66. The minimum Gasteiger partial charge on any atom is -0.326 e. The maximum absolute atomic E-state index is 11.2. The van der Waals surface area contributed by atoms with E-state index in [2.05, 4.69) is 25.6 Å². The average molecular weight is 330 g/mol. The van der Waals surface area contributed by atoms with E-state index in [1.807, 2.05) is 48.5 Å². The van der Waals surface area contributed by atoms with E-state index in [4.69, 9.17) is 0 Å². The van der Waals surface area contributed by atoms with Crippen LogP contribution in [0.1, 0.15) is 6.92 Å². The first-order valence-corrected chi connectivity index (χ1v) is 7.71. The van der Waals surface area contributed by atoms with Crippen LogP contribution in [-0.4, -0.2) is 30.7 Å². The van der Waals surface area contributed by atoms with Crippen LogP contribution >= 0.6 is 0 Å². The second-order valence-electron chi connectivity index (χ2n) is 5.52. The zero-order valence-corrected chi connectivity index (χ0v) is 13.4. The van der Waals surface area contributed by atoms with Crippen LogP contribution in [0.5, 0.6) is 0 Å². The van der Waals surface area contributed by atoms with Crippen molar-refractivity contribution in [1.82, 2.24) is 24.8 Å². The molecule has 122 valence electrons. The van der Waals surface area contributed by atoms with Gasteiger partial charge >= 0.3 is 0 Å². The summed E-state index contributed by atoms with van der Waals surface area (Å²) in [7, 11) is 0. The summed E-state index contributed by atoms with van der Waals surface area (Å²) in [6.45, 7) is 1.48. The number of amides is 1. The highest BCUT2D eigenvalue weighted by molar-refractivity contribution is 5.89. The highest BCUT2D eigenvalue weighted by Gasteiger charge is 2.11. The van der Waals surface area contributed by atoms with Crippen molar-refractivity contribution in [3.05, 3.63) is 60.9 Å².